The number of rotatable bonds is 6. The van der Waals surface area contributed by atoms with Crippen molar-refractivity contribution in [2.75, 3.05) is 19.6 Å². The lowest BCUT2D eigenvalue weighted by Crippen LogP contribution is -2.49. The predicted molar refractivity (Wildman–Crippen MR) is 113 cm³/mol. The van der Waals surface area contributed by atoms with E-state index in [0.29, 0.717) is 19.6 Å². The molecule has 0 atom stereocenters. The molecule has 3 rings (SSSR count). The monoisotopic (exact) mass is 414 g/mol. The first kappa shape index (κ1) is 21.0. The lowest BCUT2D eigenvalue weighted by atomic mass is 10.0. The number of imide groups is 1. The van der Waals surface area contributed by atoms with Crippen LogP contribution in [0.1, 0.15) is 33.0 Å². The Hall–Kier alpha value is -2.71. The van der Waals surface area contributed by atoms with Crippen LogP contribution < -0.4 is 16.0 Å². The van der Waals surface area contributed by atoms with Crippen LogP contribution in [0.4, 0.5) is 4.79 Å². The largest absolute Gasteiger partial charge is 0.349 e. The van der Waals surface area contributed by atoms with Crippen LogP contribution >= 0.6 is 11.3 Å². The first-order valence-corrected chi connectivity index (χ1v) is 10.5. The molecule has 8 heteroatoms. The van der Waals surface area contributed by atoms with E-state index in [1.807, 2.05) is 54.3 Å². The summed E-state index contributed by atoms with van der Waals surface area (Å²) in [4.78, 5) is 40.1. The van der Waals surface area contributed by atoms with E-state index in [-0.39, 0.29) is 24.4 Å². The fourth-order valence-electron chi connectivity index (χ4n) is 3.24. The zero-order chi connectivity index (χ0) is 20.6. The summed E-state index contributed by atoms with van der Waals surface area (Å²) in [6, 6.07) is 12.9. The van der Waals surface area contributed by atoms with Gasteiger partial charge in [0.25, 0.3) is 5.91 Å². The second kappa shape index (κ2) is 10.2. The quantitative estimate of drug-likeness (QED) is 0.676. The number of nitrogens with zero attached hydrogens (tertiary/aromatic N) is 1. The smallest absolute Gasteiger partial charge is 0.321 e. The Morgan fingerprint density at radius 2 is 1.79 bits per heavy atom. The molecule has 1 fully saturated rings. The highest BCUT2D eigenvalue weighted by Gasteiger charge is 2.23. The number of piperidine rings is 1. The molecule has 1 aliphatic rings. The van der Waals surface area contributed by atoms with Gasteiger partial charge in [0.1, 0.15) is 0 Å². The molecule has 29 heavy (non-hydrogen) atoms. The molecular formula is C21H26N4O3S. The summed E-state index contributed by atoms with van der Waals surface area (Å²) in [6.07, 6.45) is 1.56. The lowest BCUT2D eigenvalue weighted by molar-refractivity contribution is -0.121. The van der Waals surface area contributed by atoms with Crippen molar-refractivity contribution in [1.29, 1.82) is 0 Å². The Kier molecular flexibility index (Phi) is 7.37. The summed E-state index contributed by atoms with van der Waals surface area (Å²) in [6.45, 7) is 3.92. The summed E-state index contributed by atoms with van der Waals surface area (Å²) >= 11 is 1.49. The third-order valence-electron chi connectivity index (χ3n) is 4.80. The van der Waals surface area contributed by atoms with E-state index in [0.717, 1.165) is 28.2 Å². The summed E-state index contributed by atoms with van der Waals surface area (Å²) < 4.78 is 0. The van der Waals surface area contributed by atoms with Crippen LogP contribution in [0.2, 0.25) is 0 Å². The third-order valence-corrected chi connectivity index (χ3v) is 5.80. The number of hydrogen-bond donors (Lipinski definition) is 3. The second-order valence-corrected chi connectivity index (χ2v) is 8.44. The minimum Gasteiger partial charge on any atom is -0.349 e. The standard InChI is InChI=1S/C21H26N4O3S/c1-15-7-8-18(29-15)20(27)23-17-9-11-25(12-10-17)14-19(26)24-21(28)22-13-16-5-3-2-4-6-16/h2-8,17H,9-14H2,1H3,(H,23,27)(H2,22,24,26,28). The van der Waals surface area contributed by atoms with Crippen molar-refractivity contribution in [3.8, 4) is 0 Å². The van der Waals surface area contributed by atoms with Crippen molar-refractivity contribution in [2.24, 2.45) is 0 Å². The zero-order valence-electron chi connectivity index (χ0n) is 16.4. The molecule has 0 saturated carbocycles. The van der Waals surface area contributed by atoms with Crippen molar-refractivity contribution in [3.63, 3.8) is 0 Å². The van der Waals surface area contributed by atoms with E-state index in [9.17, 15) is 14.4 Å². The molecule has 0 radical (unpaired) electrons. The first-order chi connectivity index (χ1) is 14.0. The number of nitrogens with one attached hydrogen (secondary N) is 3. The van der Waals surface area contributed by atoms with E-state index in [2.05, 4.69) is 16.0 Å². The Bertz CT molecular complexity index is 845. The summed E-state index contributed by atoms with van der Waals surface area (Å²) in [7, 11) is 0. The number of benzene rings is 1. The molecule has 1 aromatic heterocycles. The average Bonchev–Trinajstić information content (AvgIpc) is 3.15. The highest BCUT2D eigenvalue weighted by Crippen LogP contribution is 2.16. The number of amides is 4. The van der Waals surface area contributed by atoms with Gasteiger partial charge in [-0.25, -0.2) is 4.79 Å². The van der Waals surface area contributed by atoms with Crippen LogP contribution in [0.25, 0.3) is 0 Å². The maximum absolute atomic E-state index is 12.2. The van der Waals surface area contributed by atoms with E-state index in [4.69, 9.17) is 0 Å². The molecule has 154 valence electrons. The second-order valence-electron chi connectivity index (χ2n) is 7.15. The topological polar surface area (TPSA) is 90.5 Å². The lowest BCUT2D eigenvalue weighted by Gasteiger charge is -2.31. The number of likely N-dealkylation sites (tertiary alicyclic amines) is 1. The van der Waals surface area contributed by atoms with Crippen LogP contribution in [0.5, 0.6) is 0 Å². The molecule has 4 amide bonds. The fourth-order valence-corrected chi connectivity index (χ4v) is 4.01. The Morgan fingerprint density at radius 1 is 1.07 bits per heavy atom. The number of hydrogen-bond acceptors (Lipinski definition) is 5. The molecule has 1 aromatic carbocycles. The van der Waals surface area contributed by atoms with E-state index >= 15 is 0 Å². The van der Waals surface area contributed by atoms with Crippen LogP contribution in [0, 0.1) is 6.92 Å². The predicted octanol–water partition coefficient (Wildman–Crippen LogP) is 2.28. The first-order valence-electron chi connectivity index (χ1n) is 9.71. The molecule has 1 saturated heterocycles. The van der Waals surface area contributed by atoms with Gasteiger partial charge in [-0.3, -0.25) is 19.8 Å². The van der Waals surface area contributed by atoms with Crippen molar-refractivity contribution in [3.05, 3.63) is 57.8 Å². The Balaban J connectivity index is 1.34. The van der Waals surface area contributed by atoms with Crippen LogP contribution in [0.3, 0.4) is 0 Å². The highest BCUT2D eigenvalue weighted by atomic mass is 32.1. The minimum atomic E-state index is -0.493. The van der Waals surface area contributed by atoms with Gasteiger partial charge in [0.15, 0.2) is 0 Å². The van der Waals surface area contributed by atoms with E-state index in [1.54, 1.807) is 0 Å². The van der Waals surface area contributed by atoms with Gasteiger partial charge in [0, 0.05) is 30.6 Å². The summed E-state index contributed by atoms with van der Waals surface area (Å²) in [5.74, 6) is -0.360. The molecule has 3 N–H and O–H groups in total. The summed E-state index contributed by atoms with van der Waals surface area (Å²) in [5.41, 5.74) is 0.969. The van der Waals surface area contributed by atoms with Crippen molar-refractivity contribution >= 4 is 29.2 Å². The molecule has 0 bridgehead atoms. The van der Waals surface area contributed by atoms with Gasteiger partial charge in [0.2, 0.25) is 5.91 Å². The molecular weight excluding hydrogens is 388 g/mol. The van der Waals surface area contributed by atoms with Crippen molar-refractivity contribution in [1.82, 2.24) is 20.9 Å². The fraction of sp³-hybridized carbons (Fsp3) is 0.381. The normalized spacial score (nSPS) is 14.9. The Labute approximate surface area is 174 Å². The third kappa shape index (κ3) is 6.69. The van der Waals surface area contributed by atoms with Gasteiger partial charge in [-0.1, -0.05) is 30.3 Å². The molecule has 1 aliphatic heterocycles. The number of urea groups is 1. The van der Waals surface area contributed by atoms with Gasteiger partial charge in [-0.2, -0.15) is 0 Å². The van der Waals surface area contributed by atoms with Gasteiger partial charge in [-0.15, -0.1) is 11.3 Å². The van der Waals surface area contributed by atoms with Crippen molar-refractivity contribution < 1.29 is 14.4 Å². The maximum atomic E-state index is 12.2. The molecule has 2 heterocycles. The van der Waals surface area contributed by atoms with E-state index < -0.39 is 6.03 Å². The molecule has 7 nitrogen and oxygen atoms in total. The van der Waals surface area contributed by atoms with Crippen LogP contribution in [0.15, 0.2) is 42.5 Å². The number of aryl methyl sites for hydroxylation is 1. The number of carbonyl (C=O) groups is 3. The Morgan fingerprint density at radius 3 is 2.45 bits per heavy atom. The van der Waals surface area contributed by atoms with Gasteiger partial charge in [-0.05, 0) is 37.5 Å². The van der Waals surface area contributed by atoms with Crippen LogP contribution in [-0.2, 0) is 11.3 Å². The molecule has 2 aromatic rings. The number of carbonyl (C=O) groups excluding carboxylic acids is 3. The zero-order valence-corrected chi connectivity index (χ0v) is 17.3. The van der Waals surface area contributed by atoms with Crippen molar-refractivity contribution in [2.45, 2.75) is 32.4 Å². The molecule has 0 aliphatic carbocycles. The maximum Gasteiger partial charge on any atom is 0.321 e. The SMILES string of the molecule is Cc1ccc(C(=O)NC2CCN(CC(=O)NC(=O)NCc3ccccc3)CC2)s1. The molecule has 0 spiro atoms. The minimum absolute atomic E-state index is 0.0330. The summed E-state index contributed by atoms with van der Waals surface area (Å²) in [5, 5.41) is 8.11. The van der Waals surface area contributed by atoms with Crippen LogP contribution in [-0.4, -0.2) is 48.4 Å². The number of thiophene rings is 1. The molecule has 0 unspecified atom stereocenters. The highest BCUT2D eigenvalue weighted by molar-refractivity contribution is 7.13. The average molecular weight is 415 g/mol. The van der Waals surface area contributed by atoms with Gasteiger partial charge in [0.05, 0.1) is 11.4 Å². The van der Waals surface area contributed by atoms with Gasteiger partial charge >= 0.3 is 6.03 Å². The van der Waals surface area contributed by atoms with Gasteiger partial charge < -0.3 is 10.6 Å². The van der Waals surface area contributed by atoms with E-state index in [1.165, 1.54) is 11.3 Å².